The van der Waals surface area contributed by atoms with Gasteiger partial charge in [-0.25, -0.2) is 0 Å². The molecule has 0 atom stereocenters. The molecule has 0 bridgehead atoms. The van der Waals surface area contributed by atoms with Gasteiger partial charge in [0.25, 0.3) is 5.91 Å². The van der Waals surface area contributed by atoms with E-state index < -0.39 is 0 Å². The standard InChI is InChI=1S/C13H13IN4OS/c14-10-4-2-1-3-9(10)12(19)15-7-11-16-17-13(20)18(11)8-5-6-8/h1-4,8H,5-7H2,(H,15,19)(H,17,20). The van der Waals surface area contributed by atoms with Crippen molar-refractivity contribution in [1.29, 1.82) is 0 Å². The predicted octanol–water partition coefficient (Wildman–Crippen LogP) is 2.81. The van der Waals surface area contributed by atoms with Crippen LogP contribution >= 0.6 is 34.8 Å². The van der Waals surface area contributed by atoms with E-state index in [-0.39, 0.29) is 5.91 Å². The summed E-state index contributed by atoms with van der Waals surface area (Å²) >= 11 is 7.37. The molecule has 1 aliphatic carbocycles. The zero-order valence-corrected chi connectivity index (χ0v) is 13.6. The first-order chi connectivity index (χ1) is 9.66. The van der Waals surface area contributed by atoms with Gasteiger partial charge < -0.3 is 5.32 Å². The lowest BCUT2D eigenvalue weighted by atomic mass is 10.2. The quantitative estimate of drug-likeness (QED) is 0.613. The molecule has 1 aliphatic rings. The Morgan fingerprint density at radius 2 is 2.25 bits per heavy atom. The van der Waals surface area contributed by atoms with Gasteiger partial charge in [-0.3, -0.25) is 14.5 Å². The van der Waals surface area contributed by atoms with Gasteiger partial charge in [0.1, 0.15) is 0 Å². The highest BCUT2D eigenvalue weighted by Crippen LogP contribution is 2.35. The summed E-state index contributed by atoms with van der Waals surface area (Å²) in [4.78, 5) is 12.2. The van der Waals surface area contributed by atoms with Gasteiger partial charge in [-0.15, -0.1) is 0 Å². The second-order valence-corrected chi connectivity index (χ2v) is 6.26. The Kier molecular flexibility index (Phi) is 3.88. The number of halogens is 1. The average molecular weight is 400 g/mol. The monoisotopic (exact) mass is 400 g/mol. The minimum atomic E-state index is -0.0914. The molecule has 3 rings (SSSR count). The molecular weight excluding hydrogens is 387 g/mol. The Morgan fingerprint density at radius 1 is 1.50 bits per heavy atom. The van der Waals surface area contributed by atoms with Crippen LogP contribution in [0.2, 0.25) is 0 Å². The molecule has 1 aromatic heterocycles. The molecule has 0 aliphatic heterocycles. The predicted molar refractivity (Wildman–Crippen MR) is 86.0 cm³/mol. The zero-order chi connectivity index (χ0) is 14.1. The number of carbonyl (C=O) groups excluding carboxylic acids is 1. The normalized spacial score (nSPS) is 14.2. The Morgan fingerprint density at radius 3 is 2.95 bits per heavy atom. The summed E-state index contributed by atoms with van der Waals surface area (Å²) < 4.78 is 3.57. The molecule has 104 valence electrons. The molecule has 0 saturated heterocycles. The minimum Gasteiger partial charge on any atom is -0.345 e. The van der Waals surface area contributed by atoms with E-state index in [1.165, 1.54) is 0 Å². The van der Waals surface area contributed by atoms with Crippen LogP contribution in [0.3, 0.4) is 0 Å². The molecule has 5 nitrogen and oxygen atoms in total. The fourth-order valence-corrected chi connectivity index (χ4v) is 3.00. The van der Waals surface area contributed by atoms with E-state index in [0.29, 0.717) is 22.9 Å². The first-order valence-corrected chi connectivity index (χ1v) is 7.84. The van der Waals surface area contributed by atoms with Gasteiger partial charge in [0.2, 0.25) is 0 Å². The van der Waals surface area contributed by atoms with E-state index in [1.807, 2.05) is 28.8 Å². The number of hydrogen-bond acceptors (Lipinski definition) is 3. The maximum atomic E-state index is 12.2. The average Bonchev–Trinajstić information content (AvgIpc) is 3.20. The molecule has 0 radical (unpaired) electrons. The van der Waals surface area contributed by atoms with Gasteiger partial charge >= 0.3 is 0 Å². The van der Waals surface area contributed by atoms with Crippen molar-refractivity contribution in [1.82, 2.24) is 20.1 Å². The molecule has 2 aromatic rings. The van der Waals surface area contributed by atoms with Crippen LogP contribution in [0.4, 0.5) is 0 Å². The van der Waals surface area contributed by atoms with E-state index in [1.54, 1.807) is 0 Å². The highest BCUT2D eigenvalue weighted by atomic mass is 127. The largest absolute Gasteiger partial charge is 0.345 e. The molecule has 2 N–H and O–H groups in total. The second-order valence-electron chi connectivity index (χ2n) is 4.71. The first kappa shape index (κ1) is 13.7. The van der Waals surface area contributed by atoms with Gasteiger partial charge in [-0.1, -0.05) is 12.1 Å². The molecular formula is C13H13IN4OS. The van der Waals surface area contributed by atoms with Crippen molar-refractivity contribution < 1.29 is 4.79 Å². The SMILES string of the molecule is O=C(NCc1n[nH]c(=S)n1C1CC1)c1ccccc1I. The molecule has 0 spiro atoms. The number of H-pyrrole nitrogens is 1. The van der Waals surface area contributed by atoms with E-state index in [0.717, 1.165) is 22.2 Å². The minimum absolute atomic E-state index is 0.0914. The van der Waals surface area contributed by atoms with Crippen LogP contribution in [0.15, 0.2) is 24.3 Å². The van der Waals surface area contributed by atoms with Crippen LogP contribution in [0, 0.1) is 8.34 Å². The summed E-state index contributed by atoms with van der Waals surface area (Å²) in [5.74, 6) is 0.697. The smallest absolute Gasteiger partial charge is 0.252 e. The summed E-state index contributed by atoms with van der Waals surface area (Å²) in [6.07, 6.45) is 2.26. The number of amides is 1. The van der Waals surface area contributed by atoms with Crippen LogP contribution in [0.1, 0.15) is 35.1 Å². The van der Waals surface area contributed by atoms with Crippen molar-refractivity contribution in [3.63, 3.8) is 0 Å². The number of rotatable bonds is 4. The zero-order valence-electron chi connectivity index (χ0n) is 10.6. The third-order valence-corrected chi connectivity index (χ3v) is 4.44. The van der Waals surface area contributed by atoms with Gasteiger partial charge in [0.15, 0.2) is 10.6 Å². The van der Waals surface area contributed by atoms with Crippen LogP contribution in [-0.2, 0) is 6.54 Å². The third kappa shape index (κ3) is 2.78. The molecule has 20 heavy (non-hydrogen) atoms. The lowest BCUT2D eigenvalue weighted by molar-refractivity contribution is 0.0948. The highest BCUT2D eigenvalue weighted by molar-refractivity contribution is 14.1. The van der Waals surface area contributed by atoms with E-state index >= 15 is 0 Å². The highest BCUT2D eigenvalue weighted by Gasteiger charge is 2.27. The van der Waals surface area contributed by atoms with E-state index in [4.69, 9.17) is 12.2 Å². The lowest BCUT2D eigenvalue weighted by Crippen LogP contribution is -2.25. The van der Waals surface area contributed by atoms with Crippen LogP contribution in [-0.4, -0.2) is 20.7 Å². The summed E-state index contributed by atoms with van der Waals surface area (Å²) in [5.41, 5.74) is 0.681. The topological polar surface area (TPSA) is 62.7 Å². The molecule has 1 saturated carbocycles. The van der Waals surface area contributed by atoms with Gasteiger partial charge in [0.05, 0.1) is 12.1 Å². The second kappa shape index (κ2) is 5.65. The van der Waals surface area contributed by atoms with E-state index in [2.05, 4.69) is 38.1 Å². The fourth-order valence-electron chi connectivity index (χ4n) is 2.07. The van der Waals surface area contributed by atoms with Crippen molar-refractivity contribution in [2.75, 3.05) is 0 Å². The van der Waals surface area contributed by atoms with Crippen LogP contribution in [0.25, 0.3) is 0 Å². The molecule has 1 fully saturated rings. The molecule has 1 heterocycles. The number of benzene rings is 1. The summed E-state index contributed by atoms with van der Waals surface area (Å²) in [7, 11) is 0. The third-order valence-electron chi connectivity index (χ3n) is 3.22. The molecule has 0 unspecified atom stereocenters. The van der Waals surface area contributed by atoms with Crippen molar-refractivity contribution in [2.45, 2.75) is 25.4 Å². The number of nitrogens with zero attached hydrogens (tertiary/aromatic N) is 2. The van der Waals surface area contributed by atoms with Crippen molar-refractivity contribution in [3.05, 3.63) is 44.0 Å². The number of aromatic amines is 1. The maximum absolute atomic E-state index is 12.2. The molecule has 7 heteroatoms. The van der Waals surface area contributed by atoms with Crippen molar-refractivity contribution in [2.24, 2.45) is 0 Å². The van der Waals surface area contributed by atoms with Crippen molar-refractivity contribution in [3.8, 4) is 0 Å². The Bertz CT molecular complexity index is 704. The number of nitrogens with one attached hydrogen (secondary N) is 2. The molecule has 1 aromatic carbocycles. The van der Waals surface area contributed by atoms with Crippen LogP contribution in [0.5, 0.6) is 0 Å². The Balaban J connectivity index is 1.73. The summed E-state index contributed by atoms with van der Waals surface area (Å²) in [6.45, 7) is 0.382. The Hall–Kier alpha value is -1.22. The first-order valence-electron chi connectivity index (χ1n) is 6.35. The Labute approximate surface area is 134 Å². The van der Waals surface area contributed by atoms with Crippen molar-refractivity contribution >= 4 is 40.7 Å². The molecule has 1 amide bonds. The number of aromatic nitrogens is 3. The number of hydrogen-bond donors (Lipinski definition) is 2. The van der Waals surface area contributed by atoms with Gasteiger partial charge in [-0.05, 0) is 59.8 Å². The number of carbonyl (C=O) groups is 1. The maximum Gasteiger partial charge on any atom is 0.252 e. The summed E-state index contributed by atoms with van der Waals surface area (Å²) in [5, 5.41) is 9.89. The van der Waals surface area contributed by atoms with E-state index in [9.17, 15) is 4.79 Å². The lowest BCUT2D eigenvalue weighted by Gasteiger charge is -2.08. The summed E-state index contributed by atoms with van der Waals surface area (Å²) in [6, 6.07) is 7.95. The van der Waals surface area contributed by atoms with Gasteiger partial charge in [-0.2, -0.15) is 5.10 Å². The fraction of sp³-hybridized carbons (Fsp3) is 0.308. The van der Waals surface area contributed by atoms with Gasteiger partial charge in [0, 0.05) is 9.61 Å². The van der Waals surface area contributed by atoms with Crippen LogP contribution < -0.4 is 5.32 Å².